The Balaban J connectivity index is 0.000000144. The predicted molar refractivity (Wildman–Crippen MR) is 343 cm³/mol. The quantitative estimate of drug-likeness (QED) is 0.0259. The van der Waals surface area contributed by atoms with Crippen LogP contribution >= 0.6 is 0 Å². The number of aryl methyl sites for hydroxylation is 2. The minimum atomic E-state index is -0.485. The zero-order valence-electron chi connectivity index (χ0n) is 50.2. The molecule has 0 aliphatic heterocycles. The van der Waals surface area contributed by atoms with Gasteiger partial charge in [0.15, 0.2) is 17.4 Å². The number of halogens is 1. The summed E-state index contributed by atoms with van der Waals surface area (Å²) in [5.41, 5.74) is 22.0. The predicted octanol–water partition coefficient (Wildman–Crippen LogP) is 11.2. The van der Waals surface area contributed by atoms with Gasteiger partial charge in [-0.3, -0.25) is 4.84 Å². The number of ether oxygens (including phenoxy) is 4. The number of oxime groups is 4. The molecular formula is C61H61FN20O9. The Hall–Kier alpha value is -12.5. The normalized spacial score (nSPS) is 11.1. The fourth-order valence-corrected chi connectivity index (χ4v) is 8.52. The molecule has 0 spiro atoms. The van der Waals surface area contributed by atoms with Crippen molar-refractivity contribution < 1.29 is 47.5 Å². The molecule has 0 saturated carbocycles. The van der Waals surface area contributed by atoms with Crippen LogP contribution in [-0.4, -0.2) is 127 Å². The Morgan fingerprint density at radius 2 is 0.945 bits per heavy atom. The Morgan fingerprint density at radius 3 is 1.48 bits per heavy atom. The molecule has 0 saturated heterocycles. The fourth-order valence-electron chi connectivity index (χ4n) is 8.52. The maximum Gasteiger partial charge on any atom is 0.233 e. The van der Waals surface area contributed by atoms with E-state index in [4.69, 9.17) is 49.8 Å². The number of nitrogens with two attached hydrogens (primary N) is 2. The van der Waals surface area contributed by atoms with Crippen LogP contribution in [0.25, 0.3) is 43.6 Å². The van der Waals surface area contributed by atoms with Gasteiger partial charge in [-0.1, -0.05) is 20.6 Å². The van der Waals surface area contributed by atoms with Crippen molar-refractivity contribution in [2.45, 2.75) is 20.8 Å². The van der Waals surface area contributed by atoms with E-state index < -0.39 is 5.82 Å². The van der Waals surface area contributed by atoms with Gasteiger partial charge < -0.3 is 75.0 Å². The number of nitrogens with one attached hydrogen (secondary N) is 6. The lowest BCUT2D eigenvalue weighted by Gasteiger charge is -2.11. The summed E-state index contributed by atoms with van der Waals surface area (Å²) >= 11 is 0. The summed E-state index contributed by atoms with van der Waals surface area (Å²) in [5, 5.41) is 21.5. The monoisotopic (exact) mass is 1240 g/mol. The van der Waals surface area contributed by atoms with E-state index in [9.17, 15) is 4.39 Å². The number of hydrogen-bond donors (Lipinski definition) is 8. The molecule has 8 aromatic heterocycles. The zero-order valence-corrected chi connectivity index (χ0v) is 50.2. The van der Waals surface area contributed by atoms with Crippen molar-refractivity contribution in [3.05, 3.63) is 168 Å². The number of anilines is 4. The molecule has 12 rings (SSSR count). The Morgan fingerprint density at radius 1 is 0.495 bits per heavy atom. The van der Waals surface area contributed by atoms with Crippen LogP contribution in [0.15, 0.2) is 149 Å². The average Bonchev–Trinajstić information content (AvgIpc) is 1.99. The SMILES string of the molecule is CCO/N=C/c1c(N)ncnc1Oc1ccc2[nH]c(C)cc2c1F.CNc1ncnc(Oc2ccc3[nH]ccc3c2)c1/C=N/OC.CO/N=C/c1c(N)ncnc1Oc1ccc2[nH]c(C)cc2c1.CO/N=C/c1c(NOC)ncnc1Oc1ccc2[nH]ccc2c1. The lowest BCUT2D eigenvalue weighted by Crippen LogP contribution is -2.05. The lowest BCUT2D eigenvalue weighted by atomic mass is 10.2. The molecule has 0 amide bonds. The highest BCUT2D eigenvalue weighted by Gasteiger charge is 2.18. The molecule has 29 nitrogen and oxygen atoms in total. The van der Waals surface area contributed by atoms with Gasteiger partial charge in [0.25, 0.3) is 0 Å². The molecule has 0 unspecified atom stereocenters. The van der Waals surface area contributed by atoms with Crippen molar-refractivity contribution in [3.63, 3.8) is 0 Å². The number of fused-ring (bicyclic) bond motifs is 4. The number of nitrogens with zero attached hydrogens (tertiary/aromatic N) is 12. The molecule has 91 heavy (non-hydrogen) atoms. The van der Waals surface area contributed by atoms with E-state index in [1.54, 1.807) is 26.1 Å². The summed E-state index contributed by atoms with van der Waals surface area (Å²) in [4.78, 5) is 69.0. The van der Waals surface area contributed by atoms with Crippen molar-refractivity contribution in [1.29, 1.82) is 0 Å². The van der Waals surface area contributed by atoms with E-state index in [2.05, 4.69) is 96.1 Å². The molecule has 30 heteroatoms. The van der Waals surface area contributed by atoms with E-state index in [0.717, 1.165) is 44.1 Å². The van der Waals surface area contributed by atoms with Gasteiger partial charge in [-0.15, -0.1) is 0 Å². The van der Waals surface area contributed by atoms with E-state index in [1.807, 2.05) is 99.0 Å². The standard InChI is InChI=1S/C16H16FN5O2.C15H15N5O3.2C15H15N5O2/c1-3-23-21-7-11-15(18)19-8-20-16(11)24-13-5-4-12-10(14(13)17)6-9(2)22-12;1-21-19-8-12-14(20-22-2)17-9-18-15(12)23-11-3-4-13-10(7-11)5-6-16-13;1-9-5-10-6-11(3-4-13(10)20-9)22-15-12(7-19-21-2)14(16)17-8-18-15;1-16-14-12(8-20-21-2)15(19-9-18-14)22-11-3-4-13-10(7-11)5-6-17-13/h4-8,22H,3H2,1-2H3,(H2,18,19,20);3-9,16H,1-2H3,(H,17,18,20);3-8,20H,1-2H3,(H2,16,17,18);3-9,17H,1-2H3,(H,16,18,19)/b21-7+;19-8+;19-7+;20-8+. The van der Waals surface area contributed by atoms with Gasteiger partial charge in [-0.2, -0.15) is 0 Å². The minimum absolute atomic E-state index is 0.0330. The van der Waals surface area contributed by atoms with Crippen LogP contribution in [0, 0.1) is 19.7 Å². The number of H-pyrrole nitrogens is 4. The molecule has 466 valence electrons. The van der Waals surface area contributed by atoms with Crippen LogP contribution in [0.2, 0.25) is 0 Å². The Bertz CT molecular complexity index is 4530. The zero-order chi connectivity index (χ0) is 64.1. The molecule has 0 radical (unpaired) electrons. The summed E-state index contributed by atoms with van der Waals surface area (Å²) in [6.07, 6.45) is 14.9. The molecule has 0 fully saturated rings. The first-order valence-corrected chi connectivity index (χ1v) is 27.4. The van der Waals surface area contributed by atoms with E-state index >= 15 is 0 Å². The van der Waals surface area contributed by atoms with Crippen molar-refractivity contribution in [2.24, 2.45) is 20.6 Å². The van der Waals surface area contributed by atoms with E-state index in [0.29, 0.717) is 86.3 Å². The van der Waals surface area contributed by atoms with Crippen molar-refractivity contribution in [1.82, 2.24) is 59.8 Å². The van der Waals surface area contributed by atoms with Gasteiger partial charge in [0, 0.05) is 74.4 Å². The highest BCUT2D eigenvalue weighted by Crippen LogP contribution is 2.34. The van der Waals surface area contributed by atoms with Crippen molar-refractivity contribution in [3.8, 4) is 46.5 Å². The molecule has 0 atom stereocenters. The number of nitrogen functional groups attached to an aromatic ring is 2. The molecule has 0 aliphatic carbocycles. The fraction of sp³-hybridized carbons (Fsp3) is 0.148. The second-order valence-electron chi connectivity index (χ2n) is 18.7. The van der Waals surface area contributed by atoms with Crippen LogP contribution < -0.4 is 41.2 Å². The first kappa shape index (κ1) is 63.0. The minimum Gasteiger partial charge on any atom is -0.438 e. The van der Waals surface area contributed by atoms with Crippen molar-refractivity contribution in [2.75, 3.05) is 64.4 Å². The molecule has 4 aromatic carbocycles. The smallest absolute Gasteiger partial charge is 0.233 e. The number of aromatic amines is 4. The molecular weight excluding hydrogens is 1180 g/mol. The molecule has 0 bridgehead atoms. The topological polar surface area (TPSA) is 375 Å². The van der Waals surface area contributed by atoms with Crippen LogP contribution in [0.3, 0.4) is 0 Å². The maximum absolute atomic E-state index is 14.6. The molecule has 12 aromatic rings. The molecule has 0 aliphatic rings. The summed E-state index contributed by atoms with van der Waals surface area (Å²) in [6, 6.07) is 28.1. The summed E-state index contributed by atoms with van der Waals surface area (Å²) in [7, 11) is 7.62. The van der Waals surface area contributed by atoms with Gasteiger partial charge in [0.05, 0.1) is 32.0 Å². The summed E-state index contributed by atoms with van der Waals surface area (Å²) < 4.78 is 37.8. The van der Waals surface area contributed by atoms with Gasteiger partial charge in [-0.25, -0.2) is 49.7 Å². The summed E-state index contributed by atoms with van der Waals surface area (Å²) in [5.74, 6) is 4.11. The van der Waals surface area contributed by atoms with Gasteiger partial charge in [0.1, 0.15) is 110 Å². The van der Waals surface area contributed by atoms with Crippen molar-refractivity contribution >= 4 is 91.7 Å². The van der Waals surface area contributed by atoms with E-state index in [1.165, 1.54) is 84.7 Å². The highest BCUT2D eigenvalue weighted by atomic mass is 19.1. The van der Waals surface area contributed by atoms with Crippen LogP contribution in [0.5, 0.6) is 46.5 Å². The third-order valence-corrected chi connectivity index (χ3v) is 12.6. The number of hydrogen-bond acceptors (Lipinski definition) is 25. The van der Waals surface area contributed by atoms with Gasteiger partial charge >= 0.3 is 0 Å². The number of benzene rings is 4. The first-order chi connectivity index (χ1) is 44.4. The third-order valence-electron chi connectivity index (χ3n) is 12.6. The molecule has 8 heterocycles. The third kappa shape index (κ3) is 16.1. The first-order valence-electron chi connectivity index (χ1n) is 27.4. The Kier molecular flexibility index (Phi) is 21.3. The van der Waals surface area contributed by atoms with Crippen LogP contribution in [0.4, 0.5) is 27.7 Å². The van der Waals surface area contributed by atoms with Crippen LogP contribution in [-0.2, 0) is 24.2 Å². The largest absolute Gasteiger partial charge is 0.438 e. The van der Waals surface area contributed by atoms with Gasteiger partial charge in [0.2, 0.25) is 23.5 Å². The van der Waals surface area contributed by atoms with Gasteiger partial charge in [-0.05, 0) is 112 Å². The number of rotatable bonds is 20. The second kappa shape index (κ2) is 30.7. The summed E-state index contributed by atoms with van der Waals surface area (Å²) in [6.45, 7) is 6.06. The molecule has 10 N–H and O–H groups in total. The van der Waals surface area contributed by atoms with Crippen LogP contribution in [0.1, 0.15) is 40.6 Å². The maximum atomic E-state index is 14.6. The Labute approximate surface area is 517 Å². The average molecular weight is 1240 g/mol. The lowest BCUT2D eigenvalue weighted by molar-refractivity contribution is 0.160. The highest BCUT2D eigenvalue weighted by molar-refractivity contribution is 5.91. The number of aromatic nitrogens is 12. The van der Waals surface area contributed by atoms with E-state index in [-0.39, 0.29) is 23.3 Å². The second-order valence-corrected chi connectivity index (χ2v) is 18.7.